The highest BCUT2D eigenvalue weighted by molar-refractivity contribution is 8.22. The van der Waals surface area contributed by atoms with Crippen LogP contribution in [0.1, 0.15) is 6.92 Å². The number of hydrogen-bond acceptors (Lipinski definition) is 2. The third kappa shape index (κ3) is 1.60. The van der Waals surface area contributed by atoms with Crippen molar-refractivity contribution < 1.29 is 0 Å². The first-order chi connectivity index (χ1) is 3.93. The molecule has 0 saturated heterocycles. The van der Waals surface area contributed by atoms with Crippen molar-refractivity contribution in [2.45, 2.75) is 6.92 Å². The van der Waals surface area contributed by atoms with Crippen molar-refractivity contribution in [3.63, 3.8) is 0 Å². The van der Waals surface area contributed by atoms with Gasteiger partial charge in [0.1, 0.15) is 0 Å². The minimum absolute atomic E-state index is 1.19. The Bertz CT molecular complexity index is 124. The van der Waals surface area contributed by atoms with Gasteiger partial charge in [0.15, 0.2) is 0 Å². The molecular weight excluding hydrogens is 136 g/mol. The summed E-state index contributed by atoms with van der Waals surface area (Å²) in [6.45, 7) is 2.05. The lowest BCUT2D eigenvalue weighted by Crippen LogP contribution is -1.58. The summed E-state index contributed by atoms with van der Waals surface area (Å²) in [5, 5.41) is 3.39. The Labute approximate surface area is 58.4 Å². The Morgan fingerprint density at radius 2 is 2.62 bits per heavy atom. The second-order valence-corrected chi connectivity index (χ2v) is 3.72. The van der Waals surface area contributed by atoms with Crippen molar-refractivity contribution in [3.05, 3.63) is 22.5 Å². The molecule has 0 nitrogen and oxygen atoms in total. The van der Waals surface area contributed by atoms with Gasteiger partial charge in [-0.25, -0.2) is 0 Å². The molecule has 8 heavy (non-hydrogen) atoms. The van der Waals surface area contributed by atoms with E-state index >= 15 is 0 Å². The summed E-state index contributed by atoms with van der Waals surface area (Å²) < 4.78 is 0. The van der Waals surface area contributed by atoms with E-state index in [0.717, 1.165) is 0 Å². The Morgan fingerprint density at radius 1 is 1.75 bits per heavy atom. The number of thioether (sulfide) groups is 2. The molecule has 1 heterocycles. The molecule has 0 radical (unpaired) electrons. The van der Waals surface area contributed by atoms with Gasteiger partial charge < -0.3 is 0 Å². The van der Waals surface area contributed by atoms with Crippen LogP contribution >= 0.6 is 23.5 Å². The quantitative estimate of drug-likeness (QED) is 0.555. The molecule has 0 aromatic rings. The third-order valence-electron chi connectivity index (χ3n) is 0.824. The maximum Gasteiger partial charge on any atom is 0.0481 e. The summed E-state index contributed by atoms with van der Waals surface area (Å²) in [5.74, 6) is 0. The molecule has 1 aliphatic heterocycles. The Morgan fingerprint density at radius 3 is 3.12 bits per heavy atom. The van der Waals surface area contributed by atoms with Gasteiger partial charge in [0.2, 0.25) is 0 Å². The first-order valence-electron chi connectivity index (χ1n) is 2.51. The van der Waals surface area contributed by atoms with E-state index in [1.165, 1.54) is 9.99 Å². The summed E-state index contributed by atoms with van der Waals surface area (Å²) in [6, 6.07) is 0. The van der Waals surface area contributed by atoms with Gasteiger partial charge in [-0.2, -0.15) is 0 Å². The van der Waals surface area contributed by atoms with Crippen molar-refractivity contribution in [3.8, 4) is 0 Å². The molecule has 2 heteroatoms. The standard InChI is InChI=1S/C6H8S2/c1-2-3-6-4-7-5-8-6/h2-4H,5H2,1H3. The molecule has 1 aliphatic rings. The lowest BCUT2D eigenvalue weighted by atomic mass is 10.5. The largest absolute Gasteiger partial charge is 0.122 e. The maximum absolute atomic E-state index is 2.20. The SMILES string of the molecule is CC=CC1=CSCS1. The van der Waals surface area contributed by atoms with Crippen molar-refractivity contribution in [1.82, 2.24) is 0 Å². The van der Waals surface area contributed by atoms with Crippen LogP contribution in [-0.2, 0) is 0 Å². The van der Waals surface area contributed by atoms with E-state index in [-0.39, 0.29) is 0 Å². The van der Waals surface area contributed by atoms with E-state index in [0.29, 0.717) is 0 Å². The van der Waals surface area contributed by atoms with Gasteiger partial charge in [-0.3, -0.25) is 0 Å². The van der Waals surface area contributed by atoms with Gasteiger partial charge in [-0.05, 0) is 12.3 Å². The van der Waals surface area contributed by atoms with Gasteiger partial charge >= 0.3 is 0 Å². The average Bonchev–Trinajstić information content (AvgIpc) is 2.19. The van der Waals surface area contributed by atoms with Crippen LogP contribution in [0.15, 0.2) is 22.5 Å². The van der Waals surface area contributed by atoms with Crippen LogP contribution in [0.25, 0.3) is 0 Å². The van der Waals surface area contributed by atoms with E-state index in [1.54, 1.807) is 0 Å². The van der Waals surface area contributed by atoms with Crippen molar-refractivity contribution in [2.24, 2.45) is 0 Å². The van der Waals surface area contributed by atoms with E-state index in [1.807, 2.05) is 30.4 Å². The summed E-state index contributed by atoms with van der Waals surface area (Å²) >= 11 is 3.78. The summed E-state index contributed by atoms with van der Waals surface area (Å²) in [7, 11) is 0. The van der Waals surface area contributed by atoms with Gasteiger partial charge in [0.05, 0.1) is 0 Å². The van der Waals surface area contributed by atoms with Gasteiger partial charge in [-0.15, -0.1) is 23.5 Å². The van der Waals surface area contributed by atoms with Crippen LogP contribution in [0.5, 0.6) is 0 Å². The second-order valence-electron chi connectivity index (χ2n) is 1.45. The lowest BCUT2D eigenvalue weighted by molar-refractivity contribution is 1.73. The molecule has 44 valence electrons. The number of allylic oxidation sites excluding steroid dienone is 2. The molecule has 0 unspecified atom stereocenters. The van der Waals surface area contributed by atoms with Gasteiger partial charge in [-0.1, -0.05) is 12.2 Å². The molecule has 0 bridgehead atoms. The highest BCUT2D eigenvalue weighted by atomic mass is 32.2. The van der Waals surface area contributed by atoms with E-state index in [4.69, 9.17) is 0 Å². The van der Waals surface area contributed by atoms with E-state index in [9.17, 15) is 0 Å². The summed E-state index contributed by atoms with van der Waals surface area (Å²) in [6.07, 6.45) is 4.22. The van der Waals surface area contributed by atoms with Crippen molar-refractivity contribution >= 4 is 23.5 Å². The maximum atomic E-state index is 2.20. The Kier molecular flexibility index (Phi) is 2.56. The zero-order chi connectivity index (χ0) is 5.82. The monoisotopic (exact) mass is 144 g/mol. The van der Waals surface area contributed by atoms with Crippen molar-refractivity contribution in [1.29, 1.82) is 0 Å². The van der Waals surface area contributed by atoms with E-state index in [2.05, 4.69) is 17.6 Å². The molecule has 0 amide bonds. The van der Waals surface area contributed by atoms with Crippen LogP contribution in [0.2, 0.25) is 0 Å². The third-order valence-corrected chi connectivity index (χ3v) is 3.00. The van der Waals surface area contributed by atoms with Gasteiger partial charge in [0.25, 0.3) is 0 Å². The fourth-order valence-corrected chi connectivity index (χ4v) is 2.54. The lowest BCUT2D eigenvalue weighted by Gasteiger charge is -1.84. The zero-order valence-corrected chi connectivity index (χ0v) is 6.39. The van der Waals surface area contributed by atoms with Crippen LogP contribution in [0, 0.1) is 0 Å². The predicted octanol–water partition coefficient (Wildman–Crippen LogP) is 2.84. The molecule has 0 saturated carbocycles. The fraction of sp³-hybridized carbons (Fsp3) is 0.333. The Hall–Kier alpha value is 0.180. The van der Waals surface area contributed by atoms with Crippen LogP contribution in [-0.4, -0.2) is 5.08 Å². The first kappa shape index (κ1) is 6.30. The molecule has 0 aliphatic carbocycles. The summed E-state index contributed by atoms with van der Waals surface area (Å²) in [5.41, 5.74) is 0. The number of hydrogen-bond donors (Lipinski definition) is 0. The second kappa shape index (κ2) is 3.25. The van der Waals surface area contributed by atoms with Crippen LogP contribution < -0.4 is 0 Å². The topological polar surface area (TPSA) is 0 Å². The summed E-state index contributed by atoms with van der Waals surface area (Å²) in [4.78, 5) is 1.40. The van der Waals surface area contributed by atoms with Gasteiger partial charge in [0, 0.05) is 9.99 Å². The minimum Gasteiger partial charge on any atom is -0.122 e. The first-order valence-corrected chi connectivity index (χ1v) is 4.54. The molecule has 0 N–H and O–H groups in total. The smallest absolute Gasteiger partial charge is 0.0481 e. The predicted molar refractivity (Wildman–Crippen MR) is 42.9 cm³/mol. The highest BCUT2D eigenvalue weighted by Gasteiger charge is 1.99. The molecular formula is C6H8S2. The molecule has 0 aromatic carbocycles. The van der Waals surface area contributed by atoms with Crippen molar-refractivity contribution in [2.75, 3.05) is 5.08 Å². The number of rotatable bonds is 1. The molecule has 0 atom stereocenters. The molecule has 0 aromatic heterocycles. The van der Waals surface area contributed by atoms with E-state index < -0.39 is 0 Å². The average molecular weight is 144 g/mol. The molecule has 0 fully saturated rings. The molecule has 0 spiro atoms. The normalized spacial score (nSPS) is 19.9. The minimum atomic E-state index is 1.19. The van der Waals surface area contributed by atoms with Crippen LogP contribution in [0.4, 0.5) is 0 Å². The highest BCUT2D eigenvalue weighted by Crippen LogP contribution is 2.32. The Balaban J connectivity index is 2.45. The molecule has 1 rings (SSSR count). The fourth-order valence-electron chi connectivity index (χ4n) is 0.504. The zero-order valence-electron chi connectivity index (χ0n) is 4.76. The van der Waals surface area contributed by atoms with Crippen LogP contribution in [0.3, 0.4) is 0 Å².